The zero-order chi connectivity index (χ0) is 14.1. The highest BCUT2D eigenvalue weighted by atomic mass is 32.2. The first-order valence-electron chi connectivity index (χ1n) is 5.32. The fourth-order valence-corrected chi connectivity index (χ4v) is 1.97. The van der Waals surface area contributed by atoms with Gasteiger partial charge in [0.25, 0.3) is 0 Å². The second-order valence-electron chi connectivity index (χ2n) is 4.67. The van der Waals surface area contributed by atoms with Crippen molar-refractivity contribution in [1.82, 2.24) is 0 Å². The number of sulfone groups is 1. The van der Waals surface area contributed by atoms with Gasteiger partial charge in [-0.1, -0.05) is 0 Å². The van der Waals surface area contributed by atoms with Crippen molar-refractivity contribution in [2.24, 2.45) is 0 Å². The first kappa shape index (κ1) is 14.9. The Balaban J connectivity index is 3.24. The summed E-state index contributed by atoms with van der Waals surface area (Å²) in [5.41, 5.74) is -0.0637. The van der Waals surface area contributed by atoms with E-state index >= 15 is 0 Å². The van der Waals surface area contributed by atoms with Crippen LogP contribution < -0.4 is 4.74 Å². The van der Waals surface area contributed by atoms with Crippen LogP contribution in [-0.2, 0) is 9.84 Å². The molecule has 1 rings (SSSR count). The van der Waals surface area contributed by atoms with Gasteiger partial charge in [0.1, 0.15) is 17.7 Å². The van der Waals surface area contributed by atoms with Gasteiger partial charge in [0.2, 0.25) is 0 Å². The fraction of sp³-hybridized carbons (Fsp3) is 0.500. The van der Waals surface area contributed by atoms with E-state index in [1.807, 2.05) is 0 Å². The quantitative estimate of drug-likeness (QED) is 0.909. The molecule has 0 aromatic heterocycles. The van der Waals surface area contributed by atoms with Crippen molar-refractivity contribution >= 4 is 9.84 Å². The Labute approximate surface area is 106 Å². The summed E-state index contributed by atoms with van der Waals surface area (Å²) < 4.78 is 40.3. The lowest BCUT2D eigenvalue weighted by Crippen LogP contribution is -2.38. The number of rotatable bonds is 4. The summed E-state index contributed by atoms with van der Waals surface area (Å²) in [7, 11) is -2.14. The predicted molar refractivity (Wildman–Crippen MR) is 66.8 cm³/mol. The molecule has 0 aliphatic carbocycles. The number of methoxy groups -OCH3 is 1. The van der Waals surface area contributed by atoms with Gasteiger partial charge in [-0.05, 0) is 26.0 Å². The zero-order valence-corrected chi connectivity index (χ0v) is 11.6. The lowest BCUT2D eigenvalue weighted by molar-refractivity contribution is 0.135. The van der Waals surface area contributed by atoms with Gasteiger partial charge in [0.15, 0.2) is 9.84 Å². The van der Waals surface area contributed by atoms with E-state index in [0.29, 0.717) is 5.75 Å². The average Bonchev–Trinajstić information content (AvgIpc) is 2.26. The second kappa shape index (κ2) is 4.85. The van der Waals surface area contributed by atoms with E-state index in [0.717, 1.165) is 12.3 Å². The molecule has 0 aliphatic heterocycles. The molecule has 0 fully saturated rings. The summed E-state index contributed by atoms with van der Waals surface area (Å²) in [5, 5.41) is 10.1. The maximum absolute atomic E-state index is 13.8. The lowest BCUT2D eigenvalue weighted by Gasteiger charge is -2.29. The highest BCUT2D eigenvalue weighted by molar-refractivity contribution is 7.92. The van der Waals surface area contributed by atoms with Crippen molar-refractivity contribution in [2.45, 2.75) is 24.7 Å². The molecular formula is C12H17FO4S. The molecule has 18 heavy (non-hydrogen) atoms. The minimum atomic E-state index is -3.53. The van der Waals surface area contributed by atoms with Crippen molar-refractivity contribution in [1.29, 1.82) is 0 Å². The van der Waals surface area contributed by atoms with E-state index in [1.54, 1.807) is 0 Å². The molecule has 0 bridgehead atoms. The van der Waals surface area contributed by atoms with Crippen LogP contribution in [0.5, 0.6) is 5.75 Å². The molecule has 0 aliphatic rings. The second-order valence-corrected chi connectivity index (χ2v) is 7.26. The number of hydrogen-bond acceptors (Lipinski definition) is 4. The molecule has 1 unspecified atom stereocenters. The van der Waals surface area contributed by atoms with E-state index in [9.17, 15) is 17.9 Å². The van der Waals surface area contributed by atoms with Gasteiger partial charge in [0, 0.05) is 17.9 Å². The van der Waals surface area contributed by atoms with Crippen LogP contribution in [0.25, 0.3) is 0 Å². The summed E-state index contributed by atoms with van der Waals surface area (Å²) in [6.07, 6.45) is -0.434. The predicted octanol–water partition coefficient (Wildman–Crippen LogP) is 1.69. The monoisotopic (exact) mass is 276 g/mol. The molecule has 1 atom stereocenters. The summed E-state index contributed by atoms with van der Waals surface area (Å²) in [6, 6.07) is 3.91. The third-order valence-corrected chi connectivity index (χ3v) is 5.25. The van der Waals surface area contributed by atoms with Gasteiger partial charge in [-0.15, -0.1) is 0 Å². The third-order valence-electron chi connectivity index (χ3n) is 3.12. The average molecular weight is 276 g/mol. The molecule has 6 heteroatoms. The largest absolute Gasteiger partial charge is 0.497 e. The molecule has 102 valence electrons. The smallest absolute Gasteiger partial charge is 0.155 e. The zero-order valence-electron chi connectivity index (χ0n) is 10.8. The van der Waals surface area contributed by atoms with Gasteiger partial charge < -0.3 is 9.84 Å². The maximum atomic E-state index is 13.8. The Morgan fingerprint density at radius 1 is 1.39 bits per heavy atom. The Hall–Kier alpha value is -1.14. The summed E-state index contributed by atoms with van der Waals surface area (Å²) >= 11 is 0. The minimum Gasteiger partial charge on any atom is -0.497 e. The number of benzene rings is 1. The number of hydrogen-bond donors (Lipinski definition) is 1. The van der Waals surface area contributed by atoms with Gasteiger partial charge >= 0.3 is 0 Å². The van der Waals surface area contributed by atoms with Crippen molar-refractivity contribution in [3.8, 4) is 5.75 Å². The van der Waals surface area contributed by atoms with E-state index in [-0.39, 0.29) is 5.56 Å². The topological polar surface area (TPSA) is 63.6 Å². The van der Waals surface area contributed by atoms with Crippen molar-refractivity contribution in [3.05, 3.63) is 29.6 Å². The van der Waals surface area contributed by atoms with Gasteiger partial charge in [-0.3, -0.25) is 0 Å². The van der Waals surface area contributed by atoms with Crippen LogP contribution in [0.1, 0.15) is 25.5 Å². The van der Waals surface area contributed by atoms with E-state index in [4.69, 9.17) is 4.74 Å². The molecule has 0 saturated carbocycles. The van der Waals surface area contributed by atoms with E-state index < -0.39 is 26.5 Å². The van der Waals surface area contributed by atoms with Crippen molar-refractivity contribution in [2.75, 3.05) is 13.4 Å². The van der Waals surface area contributed by atoms with Gasteiger partial charge in [-0.2, -0.15) is 0 Å². The number of aliphatic hydroxyl groups excluding tert-OH is 1. The highest BCUT2D eigenvalue weighted by Gasteiger charge is 2.40. The van der Waals surface area contributed by atoms with Crippen LogP contribution in [0, 0.1) is 5.82 Å². The lowest BCUT2D eigenvalue weighted by atomic mass is 9.97. The van der Waals surface area contributed by atoms with Crippen LogP contribution in [0.2, 0.25) is 0 Å². The maximum Gasteiger partial charge on any atom is 0.155 e. The molecule has 0 saturated heterocycles. The molecular weight excluding hydrogens is 259 g/mol. The molecule has 0 radical (unpaired) electrons. The molecule has 1 aromatic rings. The summed E-state index contributed by atoms with van der Waals surface area (Å²) in [6.45, 7) is 2.72. The molecule has 0 spiro atoms. The van der Waals surface area contributed by atoms with Gasteiger partial charge in [-0.25, -0.2) is 12.8 Å². The van der Waals surface area contributed by atoms with Crippen molar-refractivity contribution in [3.63, 3.8) is 0 Å². The summed E-state index contributed by atoms with van der Waals surface area (Å²) in [4.78, 5) is 0. The fourth-order valence-electron chi connectivity index (χ4n) is 1.43. The van der Waals surface area contributed by atoms with Crippen LogP contribution in [0.3, 0.4) is 0 Å². The van der Waals surface area contributed by atoms with Crippen LogP contribution in [0.15, 0.2) is 18.2 Å². The highest BCUT2D eigenvalue weighted by Crippen LogP contribution is 2.34. The molecule has 4 nitrogen and oxygen atoms in total. The Kier molecular flexibility index (Phi) is 4.02. The minimum absolute atomic E-state index is 0.0637. The normalized spacial score (nSPS) is 14.3. The SMILES string of the molecule is COc1ccc(C(O)C(C)(C)S(C)(=O)=O)c(F)c1. The Morgan fingerprint density at radius 2 is 1.94 bits per heavy atom. The molecule has 0 heterocycles. The standard InChI is InChI=1S/C12H17FO4S/c1-12(2,18(4,15)16)11(14)9-6-5-8(17-3)7-10(9)13/h5-7,11,14H,1-4H3. The third kappa shape index (κ3) is 2.64. The Bertz CT molecular complexity index is 537. The molecule has 1 aromatic carbocycles. The number of halogens is 1. The summed E-state index contributed by atoms with van der Waals surface area (Å²) in [5.74, 6) is -0.390. The molecule has 0 amide bonds. The van der Waals surface area contributed by atoms with Gasteiger partial charge in [0.05, 0.1) is 11.9 Å². The van der Waals surface area contributed by atoms with Crippen LogP contribution in [0.4, 0.5) is 4.39 Å². The van der Waals surface area contributed by atoms with E-state index in [1.165, 1.54) is 33.1 Å². The molecule has 1 N–H and O–H groups in total. The first-order chi connectivity index (χ1) is 8.11. The van der Waals surface area contributed by atoms with E-state index in [2.05, 4.69) is 0 Å². The first-order valence-corrected chi connectivity index (χ1v) is 7.21. The van der Waals surface area contributed by atoms with Crippen LogP contribution in [-0.4, -0.2) is 31.6 Å². The van der Waals surface area contributed by atoms with Crippen LogP contribution >= 0.6 is 0 Å². The Morgan fingerprint density at radius 3 is 2.33 bits per heavy atom. The van der Waals surface area contributed by atoms with Crippen molar-refractivity contribution < 1.29 is 22.7 Å². The number of ether oxygens (including phenoxy) is 1. The number of aliphatic hydroxyl groups is 1.